The summed E-state index contributed by atoms with van der Waals surface area (Å²) in [5.41, 5.74) is 1.46. The molecule has 0 aliphatic carbocycles. The molecule has 2 rings (SSSR count). The minimum Gasteiger partial charge on any atom is -0.506 e. The van der Waals surface area contributed by atoms with E-state index in [1.807, 2.05) is 12.1 Å². The van der Waals surface area contributed by atoms with Crippen LogP contribution in [-0.2, 0) is 19.1 Å². The van der Waals surface area contributed by atoms with Gasteiger partial charge in [0.2, 0.25) is 0 Å². The van der Waals surface area contributed by atoms with Crippen molar-refractivity contribution in [2.45, 2.75) is 12.8 Å². The van der Waals surface area contributed by atoms with E-state index in [0.717, 1.165) is 13.4 Å². The molecular formula is C20H20Br3N3O5. The van der Waals surface area contributed by atoms with Gasteiger partial charge in [0.1, 0.15) is 17.1 Å². The molecule has 2 aromatic rings. The number of esters is 2. The zero-order chi connectivity index (χ0) is 23.0. The standard InChI is InChI=1S/C20H20Br3N3O5/c1-30-18(28)5-7-26(8-6-19(29)31-2)13-3-4-16(17(27)11-13)24-25-20-14(22)9-12(21)10-15(20)23/h3-4,9-11,27H,5-8H2,1-2H3. The summed E-state index contributed by atoms with van der Waals surface area (Å²) >= 11 is 10.3. The molecule has 0 aromatic heterocycles. The highest BCUT2D eigenvalue weighted by molar-refractivity contribution is 9.11. The summed E-state index contributed by atoms with van der Waals surface area (Å²) < 4.78 is 11.7. The normalized spacial score (nSPS) is 10.9. The largest absolute Gasteiger partial charge is 0.506 e. The minimum atomic E-state index is -0.372. The van der Waals surface area contributed by atoms with Crippen molar-refractivity contribution in [2.24, 2.45) is 10.2 Å². The lowest BCUT2D eigenvalue weighted by Gasteiger charge is -2.24. The van der Waals surface area contributed by atoms with Gasteiger partial charge in [-0.2, -0.15) is 0 Å². The third-order valence-corrected chi connectivity index (χ3v) is 5.86. The second kappa shape index (κ2) is 12.2. The quantitative estimate of drug-likeness (QED) is 0.271. The first-order valence-corrected chi connectivity index (χ1v) is 11.4. The molecular weight excluding hydrogens is 602 g/mol. The van der Waals surface area contributed by atoms with Gasteiger partial charge in [-0.05, 0) is 56.1 Å². The molecule has 0 bridgehead atoms. The SMILES string of the molecule is COC(=O)CCN(CCC(=O)OC)c1ccc(N=Nc2c(Br)cc(Br)cc2Br)c(O)c1. The van der Waals surface area contributed by atoms with E-state index in [9.17, 15) is 14.7 Å². The molecule has 0 spiro atoms. The van der Waals surface area contributed by atoms with Gasteiger partial charge in [0.05, 0.1) is 27.1 Å². The van der Waals surface area contributed by atoms with Crippen molar-refractivity contribution >= 4 is 76.8 Å². The molecule has 2 aromatic carbocycles. The first kappa shape index (κ1) is 25.3. The number of anilines is 1. The number of halogens is 3. The zero-order valence-corrected chi connectivity index (χ0v) is 21.5. The van der Waals surface area contributed by atoms with Crippen molar-refractivity contribution in [2.75, 3.05) is 32.2 Å². The van der Waals surface area contributed by atoms with Gasteiger partial charge in [0, 0.05) is 38.3 Å². The molecule has 0 atom stereocenters. The lowest BCUT2D eigenvalue weighted by Crippen LogP contribution is -2.29. The molecule has 8 nitrogen and oxygen atoms in total. The highest BCUT2D eigenvalue weighted by Crippen LogP contribution is 2.39. The van der Waals surface area contributed by atoms with Crippen molar-refractivity contribution in [1.29, 1.82) is 0 Å². The predicted octanol–water partition coefficient (Wildman–Crippen LogP) is 6.03. The van der Waals surface area contributed by atoms with E-state index in [0.29, 0.717) is 24.5 Å². The summed E-state index contributed by atoms with van der Waals surface area (Å²) in [6.07, 6.45) is 0.261. The van der Waals surface area contributed by atoms with Gasteiger partial charge in [-0.3, -0.25) is 9.59 Å². The Labute approximate surface area is 205 Å². The summed E-state index contributed by atoms with van der Waals surface area (Å²) in [4.78, 5) is 24.8. The van der Waals surface area contributed by atoms with E-state index < -0.39 is 0 Å². The molecule has 0 aliphatic heterocycles. The highest BCUT2D eigenvalue weighted by Gasteiger charge is 2.14. The van der Waals surface area contributed by atoms with Gasteiger partial charge >= 0.3 is 11.9 Å². The zero-order valence-electron chi connectivity index (χ0n) is 16.8. The van der Waals surface area contributed by atoms with Gasteiger partial charge in [0.15, 0.2) is 0 Å². The number of phenolic OH excluding ortho intramolecular Hbond substituents is 1. The molecule has 0 amide bonds. The number of nitrogens with zero attached hydrogens (tertiary/aromatic N) is 3. The van der Waals surface area contributed by atoms with Crippen molar-refractivity contribution in [3.8, 4) is 5.75 Å². The number of carbonyl (C=O) groups excluding carboxylic acids is 2. The van der Waals surface area contributed by atoms with E-state index in [4.69, 9.17) is 0 Å². The lowest BCUT2D eigenvalue weighted by molar-refractivity contribution is -0.140. The Bertz CT molecular complexity index is 942. The molecule has 166 valence electrons. The number of benzene rings is 2. The average Bonchev–Trinajstić information content (AvgIpc) is 2.73. The fourth-order valence-corrected chi connectivity index (χ4v) is 4.97. The Morgan fingerprint density at radius 2 is 1.48 bits per heavy atom. The smallest absolute Gasteiger partial charge is 0.307 e. The Hall–Kier alpha value is -1.98. The molecule has 0 fully saturated rings. The van der Waals surface area contributed by atoms with Crippen LogP contribution in [0.3, 0.4) is 0 Å². The Morgan fingerprint density at radius 1 is 0.935 bits per heavy atom. The van der Waals surface area contributed by atoms with Crippen molar-refractivity contribution in [3.05, 3.63) is 43.7 Å². The molecule has 0 saturated heterocycles. The van der Waals surface area contributed by atoms with Crippen LogP contribution >= 0.6 is 47.8 Å². The van der Waals surface area contributed by atoms with Gasteiger partial charge in [-0.1, -0.05) is 15.9 Å². The van der Waals surface area contributed by atoms with Crippen LogP contribution in [0.1, 0.15) is 12.8 Å². The number of ether oxygens (including phenoxy) is 2. The number of methoxy groups -OCH3 is 2. The second-order valence-corrected chi connectivity index (χ2v) is 8.85. The van der Waals surface area contributed by atoms with Crippen LogP contribution in [0.25, 0.3) is 0 Å². The van der Waals surface area contributed by atoms with E-state index in [1.54, 1.807) is 17.0 Å². The fraction of sp³-hybridized carbons (Fsp3) is 0.300. The number of rotatable bonds is 9. The number of hydrogen-bond donors (Lipinski definition) is 1. The maximum atomic E-state index is 11.5. The molecule has 11 heteroatoms. The lowest BCUT2D eigenvalue weighted by atomic mass is 10.2. The third-order valence-electron chi connectivity index (χ3n) is 4.19. The van der Waals surface area contributed by atoms with Gasteiger partial charge in [0.25, 0.3) is 0 Å². The maximum Gasteiger partial charge on any atom is 0.307 e. The number of azo groups is 1. The minimum absolute atomic E-state index is 0.0910. The summed E-state index contributed by atoms with van der Waals surface area (Å²) in [5, 5.41) is 18.8. The second-order valence-electron chi connectivity index (χ2n) is 6.23. The first-order chi connectivity index (χ1) is 14.7. The molecule has 31 heavy (non-hydrogen) atoms. The van der Waals surface area contributed by atoms with E-state index in [2.05, 4.69) is 67.5 Å². The molecule has 1 N–H and O–H groups in total. The Morgan fingerprint density at radius 3 is 1.97 bits per heavy atom. The number of carbonyl (C=O) groups is 2. The Balaban J connectivity index is 2.23. The van der Waals surface area contributed by atoms with E-state index >= 15 is 0 Å². The summed E-state index contributed by atoms with van der Waals surface area (Å²) in [5.74, 6) is -0.835. The van der Waals surface area contributed by atoms with Crippen LogP contribution in [0, 0.1) is 0 Å². The molecule has 0 radical (unpaired) electrons. The Kier molecular flexibility index (Phi) is 9.92. The fourth-order valence-electron chi connectivity index (χ4n) is 2.55. The number of aromatic hydroxyl groups is 1. The molecule has 0 heterocycles. The summed E-state index contributed by atoms with van der Waals surface area (Å²) in [6, 6.07) is 8.52. The van der Waals surface area contributed by atoms with Crippen molar-refractivity contribution in [3.63, 3.8) is 0 Å². The van der Waals surface area contributed by atoms with E-state index in [1.165, 1.54) is 20.3 Å². The van der Waals surface area contributed by atoms with E-state index in [-0.39, 0.29) is 36.2 Å². The number of phenols is 1. The average molecular weight is 622 g/mol. The van der Waals surface area contributed by atoms with Crippen LogP contribution in [0.15, 0.2) is 54.0 Å². The van der Waals surface area contributed by atoms with Crippen LogP contribution in [0.2, 0.25) is 0 Å². The monoisotopic (exact) mass is 619 g/mol. The van der Waals surface area contributed by atoms with Gasteiger partial charge < -0.3 is 19.5 Å². The first-order valence-electron chi connectivity index (χ1n) is 9.03. The molecule has 0 aliphatic rings. The van der Waals surface area contributed by atoms with Crippen LogP contribution in [0.4, 0.5) is 17.1 Å². The summed E-state index contributed by atoms with van der Waals surface area (Å²) in [7, 11) is 2.63. The number of hydrogen-bond acceptors (Lipinski definition) is 8. The van der Waals surface area contributed by atoms with Crippen molar-refractivity contribution in [1.82, 2.24) is 0 Å². The molecule has 0 saturated carbocycles. The molecule has 0 unspecified atom stereocenters. The van der Waals surface area contributed by atoms with Crippen molar-refractivity contribution < 1.29 is 24.2 Å². The topological polar surface area (TPSA) is 101 Å². The van der Waals surface area contributed by atoms with Crippen LogP contribution in [-0.4, -0.2) is 44.4 Å². The highest BCUT2D eigenvalue weighted by atomic mass is 79.9. The third kappa shape index (κ3) is 7.58. The summed E-state index contributed by atoms with van der Waals surface area (Å²) in [6.45, 7) is 0.617. The predicted molar refractivity (Wildman–Crippen MR) is 127 cm³/mol. The van der Waals surface area contributed by atoms with Gasteiger partial charge in [-0.15, -0.1) is 10.2 Å². The van der Waals surface area contributed by atoms with Crippen LogP contribution in [0.5, 0.6) is 5.75 Å². The van der Waals surface area contributed by atoms with Gasteiger partial charge in [-0.25, -0.2) is 0 Å². The van der Waals surface area contributed by atoms with Crippen LogP contribution < -0.4 is 4.90 Å². The maximum absolute atomic E-state index is 11.5.